The first-order valence-electron chi connectivity index (χ1n) is 8.61. The molecule has 1 heterocycles. The fraction of sp³-hybridized carbons (Fsp3) is 0.706. The van der Waals surface area contributed by atoms with Gasteiger partial charge in [0.2, 0.25) is 5.88 Å². The van der Waals surface area contributed by atoms with Crippen LogP contribution in [0.2, 0.25) is 0 Å². The summed E-state index contributed by atoms with van der Waals surface area (Å²) in [5.41, 5.74) is -1.31. The first-order valence-corrected chi connectivity index (χ1v) is 8.61. The summed E-state index contributed by atoms with van der Waals surface area (Å²) < 4.78 is 6.65. The second-order valence-corrected chi connectivity index (χ2v) is 5.94. The van der Waals surface area contributed by atoms with Gasteiger partial charge in [0.25, 0.3) is 5.56 Å². The Morgan fingerprint density at radius 3 is 2.75 bits per heavy atom. The number of aromatic nitrogens is 2. The quantitative estimate of drug-likeness (QED) is 0.475. The molecule has 0 aromatic carbocycles. The van der Waals surface area contributed by atoms with Crippen LogP contribution in [-0.4, -0.2) is 40.6 Å². The molecule has 0 aliphatic carbocycles. The summed E-state index contributed by atoms with van der Waals surface area (Å²) in [7, 11) is 1.38. The fourth-order valence-electron chi connectivity index (χ4n) is 2.30. The second kappa shape index (κ2) is 10.8. The highest BCUT2D eigenvalue weighted by Gasteiger charge is 2.09. The number of ether oxygens (including phenoxy) is 1. The van der Waals surface area contributed by atoms with E-state index in [-0.39, 0.29) is 11.4 Å². The van der Waals surface area contributed by atoms with Crippen molar-refractivity contribution in [2.75, 3.05) is 19.8 Å². The highest BCUT2D eigenvalue weighted by atomic mass is 16.5. The van der Waals surface area contributed by atoms with Crippen molar-refractivity contribution in [2.24, 2.45) is 18.0 Å². The molecule has 7 nitrogen and oxygen atoms in total. The second-order valence-electron chi connectivity index (χ2n) is 5.94. The maximum Gasteiger partial charge on any atom is 0.330 e. The Hall–Kier alpha value is -1.89. The first kappa shape index (κ1) is 20.2. The van der Waals surface area contributed by atoms with Gasteiger partial charge < -0.3 is 9.84 Å². The van der Waals surface area contributed by atoms with Gasteiger partial charge in [-0.15, -0.1) is 0 Å². The summed E-state index contributed by atoms with van der Waals surface area (Å²) in [4.78, 5) is 29.2. The molecule has 1 aromatic rings. The third-order valence-corrected chi connectivity index (χ3v) is 4.02. The van der Waals surface area contributed by atoms with Crippen LogP contribution in [0.5, 0.6) is 5.88 Å². The van der Waals surface area contributed by atoms with Crippen LogP contribution >= 0.6 is 0 Å². The Balaban J connectivity index is 2.36. The number of hydrogen-bond donors (Lipinski definition) is 2. The van der Waals surface area contributed by atoms with Gasteiger partial charge in [0.1, 0.15) is 5.56 Å². The molecule has 1 aromatic heterocycles. The van der Waals surface area contributed by atoms with Gasteiger partial charge in [0.05, 0.1) is 0 Å². The Kier molecular flexibility index (Phi) is 9.07. The Morgan fingerprint density at radius 2 is 2.08 bits per heavy atom. The van der Waals surface area contributed by atoms with Crippen molar-refractivity contribution in [3.05, 3.63) is 26.4 Å². The summed E-state index contributed by atoms with van der Waals surface area (Å²) in [6.45, 7) is 6.27. The number of rotatable bonds is 11. The maximum atomic E-state index is 11.6. The molecule has 0 saturated carbocycles. The molecule has 1 rings (SSSR count). The van der Waals surface area contributed by atoms with Crippen molar-refractivity contribution >= 4 is 6.21 Å². The molecule has 136 valence electrons. The molecule has 24 heavy (non-hydrogen) atoms. The number of H-pyrrole nitrogens is 1. The average Bonchev–Trinajstić information content (AvgIpc) is 2.57. The molecule has 7 heteroatoms. The zero-order chi connectivity index (χ0) is 17.9. The predicted octanol–water partition coefficient (Wildman–Crippen LogP) is 1.82. The van der Waals surface area contributed by atoms with Crippen LogP contribution in [0.4, 0.5) is 0 Å². The number of aromatic hydroxyl groups is 1. The number of hydrogen-bond acceptors (Lipinski definition) is 5. The van der Waals surface area contributed by atoms with Gasteiger partial charge in [-0.25, -0.2) is 4.79 Å². The largest absolute Gasteiger partial charge is 0.494 e. The number of nitrogens with one attached hydrogen (secondary N) is 1. The van der Waals surface area contributed by atoms with E-state index in [1.165, 1.54) is 32.5 Å². The van der Waals surface area contributed by atoms with E-state index in [2.05, 4.69) is 23.8 Å². The number of aliphatic imine (C=N–C) groups is 1. The summed E-state index contributed by atoms with van der Waals surface area (Å²) in [6.07, 6.45) is 6.83. The lowest BCUT2D eigenvalue weighted by atomic mass is 10.0. The number of aromatic amines is 1. The van der Waals surface area contributed by atoms with Crippen LogP contribution in [0.3, 0.4) is 0 Å². The van der Waals surface area contributed by atoms with Crippen molar-refractivity contribution < 1.29 is 9.84 Å². The molecule has 0 amide bonds. The van der Waals surface area contributed by atoms with Crippen LogP contribution in [0, 0.1) is 5.92 Å². The van der Waals surface area contributed by atoms with Crippen molar-refractivity contribution in [1.29, 1.82) is 0 Å². The molecule has 0 aliphatic heterocycles. The van der Waals surface area contributed by atoms with Gasteiger partial charge in [-0.1, -0.05) is 33.1 Å². The Morgan fingerprint density at radius 1 is 1.33 bits per heavy atom. The Labute approximate surface area is 142 Å². The predicted molar refractivity (Wildman–Crippen MR) is 95.2 cm³/mol. The van der Waals surface area contributed by atoms with E-state index in [9.17, 15) is 14.7 Å². The number of unbranched alkanes of at least 4 members (excludes halogenated alkanes) is 1. The molecule has 0 aliphatic rings. The van der Waals surface area contributed by atoms with Crippen LogP contribution in [0.1, 0.15) is 51.5 Å². The van der Waals surface area contributed by atoms with Gasteiger partial charge in [0.15, 0.2) is 0 Å². The third kappa shape index (κ3) is 6.31. The van der Waals surface area contributed by atoms with E-state index >= 15 is 0 Å². The maximum absolute atomic E-state index is 11.6. The molecule has 0 spiro atoms. The van der Waals surface area contributed by atoms with E-state index in [1.807, 2.05) is 0 Å². The van der Waals surface area contributed by atoms with Gasteiger partial charge in [-0.3, -0.25) is 19.3 Å². The standard InChI is InChI=1S/C17H29N3O4/c1-4-6-8-13(5-2)12-24-10-7-9-18-11-14-15(21)19-17(23)20(3)16(14)22/h11,13,22H,4-10,12H2,1-3H3,(H,19,21,23)/t13-/m0/s1. The Bertz CT molecular complexity index is 634. The van der Waals surface area contributed by atoms with E-state index in [4.69, 9.17) is 4.74 Å². The zero-order valence-electron chi connectivity index (χ0n) is 14.9. The molecular formula is C17H29N3O4. The minimum atomic E-state index is -0.656. The molecule has 1 atom stereocenters. The van der Waals surface area contributed by atoms with Crippen LogP contribution in [-0.2, 0) is 11.8 Å². The van der Waals surface area contributed by atoms with Crippen molar-refractivity contribution in [2.45, 2.75) is 46.0 Å². The summed E-state index contributed by atoms with van der Waals surface area (Å²) in [5.74, 6) is 0.236. The normalized spacial score (nSPS) is 12.8. The summed E-state index contributed by atoms with van der Waals surface area (Å²) in [5, 5.41) is 9.79. The smallest absolute Gasteiger partial charge is 0.330 e. The van der Waals surface area contributed by atoms with Crippen molar-refractivity contribution in [3.63, 3.8) is 0 Å². The molecule has 0 radical (unpaired) electrons. The average molecular weight is 339 g/mol. The highest BCUT2D eigenvalue weighted by molar-refractivity contribution is 5.81. The molecular weight excluding hydrogens is 310 g/mol. The SMILES string of the molecule is CCCC[C@H](CC)COCCCN=Cc1c(O)n(C)c(=O)[nH]c1=O. The van der Waals surface area contributed by atoms with Gasteiger partial charge in [-0.05, 0) is 18.8 Å². The summed E-state index contributed by atoms with van der Waals surface area (Å²) in [6, 6.07) is 0. The van der Waals surface area contributed by atoms with E-state index in [0.29, 0.717) is 19.1 Å². The monoisotopic (exact) mass is 339 g/mol. The first-order chi connectivity index (χ1) is 11.5. The van der Waals surface area contributed by atoms with Crippen LogP contribution in [0.15, 0.2) is 14.6 Å². The third-order valence-electron chi connectivity index (χ3n) is 4.02. The zero-order valence-corrected chi connectivity index (χ0v) is 14.9. The molecule has 2 N–H and O–H groups in total. The fourth-order valence-corrected chi connectivity index (χ4v) is 2.30. The lowest BCUT2D eigenvalue weighted by molar-refractivity contribution is 0.0933. The van der Waals surface area contributed by atoms with Crippen molar-refractivity contribution in [3.8, 4) is 5.88 Å². The molecule has 0 bridgehead atoms. The van der Waals surface area contributed by atoms with E-state index in [0.717, 1.165) is 24.0 Å². The van der Waals surface area contributed by atoms with Gasteiger partial charge in [-0.2, -0.15) is 0 Å². The topological polar surface area (TPSA) is 96.7 Å². The molecule has 0 unspecified atom stereocenters. The van der Waals surface area contributed by atoms with Gasteiger partial charge in [0, 0.05) is 33.0 Å². The van der Waals surface area contributed by atoms with Crippen LogP contribution < -0.4 is 11.2 Å². The minimum Gasteiger partial charge on any atom is -0.494 e. The van der Waals surface area contributed by atoms with Gasteiger partial charge >= 0.3 is 5.69 Å². The van der Waals surface area contributed by atoms with Crippen molar-refractivity contribution in [1.82, 2.24) is 9.55 Å². The van der Waals surface area contributed by atoms with Crippen LogP contribution in [0.25, 0.3) is 0 Å². The molecule has 0 fully saturated rings. The summed E-state index contributed by atoms with van der Waals surface area (Å²) >= 11 is 0. The number of nitrogens with zero attached hydrogens (tertiary/aromatic N) is 2. The lowest BCUT2D eigenvalue weighted by Gasteiger charge is -2.14. The van der Waals surface area contributed by atoms with E-state index < -0.39 is 11.2 Å². The van der Waals surface area contributed by atoms with E-state index in [1.54, 1.807) is 0 Å². The lowest BCUT2D eigenvalue weighted by Crippen LogP contribution is -2.30. The minimum absolute atomic E-state index is 0.0105. The highest BCUT2D eigenvalue weighted by Crippen LogP contribution is 2.12. The molecule has 0 saturated heterocycles.